The molecule has 1 heterocycles. The van der Waals surface area contributed by atoms with Gasteiger partial charge in [0.15, 0.2) is 0 Å². The number of benzene rings is 2. The minimum atomic E-state index is -3.86. The lowest BCUT2D eigenvalue weighted by atomic mass is 10.0. The van der Waals surface area contributed by atoms with E-state index in [2.05, 4.69) is 0 Å². The number of carbonyl (C=O) groups is 1. The van der Waals surface area contributed by atoms with Crippen LogP contribution in [0.4, 0.5) is 0 Å². The Labute approximate surface area is 160 Å². The summed E-state index contributed by atoms with van der Waals surface area (Å²) < 4.78 is 32.6. The summed E-state index contributed by atoms with van der Waals surface area (Å²) in [5, 5.41) is 0. The minimum Gasteiger partial charge on any atom is -0.464 e. The lowest BCUT2D eigenvalue weighted by Crippen LogP contribution is -2.39. The molecule has 0 unspecified atom stereocenters. The normalized spacial score (nSPS) is 16.9. The summed E-state index contributed by atoms with van der Waals surface area (Å²) in [5.41, 5.74) is 3.74. The highest BCUT2D eigenvalue weighted by molar-refractivity contribution is 7.89. The lowest BCUT2D eigenvalue weighted by molar-refractivity contribution is -0.146. The number of hydrogen-bond acceptors (Lipinski definition) is 4. The molecule has 27 heavy (non-hydrogen) atoms. The molecule has 1 atom stereocenters. The van der Waals surface area contributed by atoms with E-state index < -0.39 is 22.0 Å². The van der Waals surface area contributed by atoms with Crippen molar-refractivity contribution < 1.29 is 17.9 Å². The van der Waals surface area contributed by atoms with Crippen LogP contribution in [0.3, 0.4) is 0 Å². The van der Waals surface area contributed by atoms with Crippen LogP contribution in [0.15, 0.2) is 59.6 Å². The van der Waals surface area contributed by atoms with Gasteiger partial charge in [-0.3, -0.25) is 4.31 Å². The van der Waals surface area contributed by atoms with E-state index in [1.54, 1.807) is 37.4 Å². The first-order valence-electron chi connectivity index (χ1n) is 8.87. The average molecular weight is 385 g/mol. The SMILES string of the molecule is CCOC(=O)[C@@H]1CC(c2cccc(C)c2)=CN1S(=O)(=O)c1ccc(C)cc1. The highest BCUT2D eigenvalue weighted by atomic mass is 32.2. The second kappa shape index (κ2) is 7.56. The number of nitrogens with zero attached hydrogens (tertiary/aromatic N) is 1. The summed E-state index contributed by atoms with van der Waals surface area (Å²) in [6.07, 6.45) is 1.85. The van der Waals surface area contributed by atoms with Crippen LogP contribution in [0.25, 0.3) is 5.57 Å². The van der Waals surface area contributed by atoms with Crippen molar-refractivity contribution in [2.75, 3.05) is 6.61 Å². The number of rotatable bonds is 5. The highest BCUT2D eigenvalue weighted by Crippen LogP contribution is 2.34. The molecule has 5 nitrogen and oxygen atoms in total. The predicted molar refractivity (Wildman–Crippen MR) is 104 cm³/mol. The second-order valence-corrected chi connectivity index (χ2v) is 8.49. The molecule has 0 spiro atoms. The molecule has 0 saturated heterocycles. The number of aryl methyl sites for hydroxylation is 2. The highest BCUT2D eigenvalue weighted by Gasteiger charge is 2.40. The Bertz CT molecular complexity index is 977. The molecule has 3 rings (SSSR count). The second-order valence-electron chi connectivity index (χ2n) is 6.64. The van der Waals surface area contributed by atoms with Gasteiger partial charge in [0.05, 0.1) is 11.5 Å². The average Bonchev–Trinajstić information content (AvgIpc) is 3.09. The predicted octanol–water partition coefficient (Wildman–Crippen LogP) is 3.67. The molecular weight excluding hydrogens is 362 g/mol. The summed E-state index contributed by atoms with van der Waals surface area (Å²) in [7, 11) is -3.86. The first-order valence-corrected chi connectivity index (χ1v) is 10.3. The molecule has 0 saturated carbocycles. The van der Waals surface area contributed by atoms with Gasteiger partial charge in [-0.15, -0.1) is 0 Å². The van der Waals surface area contributed by atoms with Crippen LogP contribution in [0.2, 0.25) is 0 Å². The van der Waals surface area contributed by atoms with Gasteiger partial charge in [0.1, 0.15) is 6.04 Å². The van der Waals surface area contributed by atoms with E-state index in [0.717, 1.165) is 26.6 Å². The van der Waals surface area contributed by atoms with E-state index in [4.69, 9.17) is 4.74 Å². The van der Waals surface area contributed by atoms with E-state index in [1.807, 2.05) is 38.1 Å². The van der Waals surface area contributed by atoms with Crippen LogP contribution in [-0.2, 0) is 19.6 Å². The molecule has 1 aliphatic rings. The Morgan fingerprint density at radius 1 is 1.11 bits per heavy atom. The van der Waals surface area contributed by atoms with Crippen molar-refractivity contribution >= 4 is 21.6 Å². The lowest BCUT2D eigenvalue weighted by Gasteiger charge is -2.23. The van der Waals surface area contributed by atoms with Crippen LogP contribution in [0, 0.1) is 13.8 Å². The standard InChI is InChI=1S/C21H23NO4S/c1-4-26-21(23)20-13-18(17-7-5-6-16(3)12-17)14-22(20)27(24,25)19-10-8-15(2)9-11-19/h5-12,14,20H,4,13H2,1-3H3/t20-/m0/s1. The van der Waals surface area contributed by atoms with E-state index >= 15 is 0 Å². The molecule has 2 aromatic rings. The molecular formula is C21H23NO4S. The van der Waals surface area contributed by atoms with E-state index in [-0.39, 0.29) is 17.9 Å². The van der Waals surface area contributed by atoms with Crippen molar-refractivity contribution in [2.24, 2.45) is 0 Å². The monoisotopic (exact) mass is 385 g/mol. The fourth-order valence-electron chi connectivity index (χ4n) is 3.13. The quantitative estimate of drug-likeness (QED) is 0.737. The first-order chi connectivity index (χ1) is 12.8. The largest absolute Gasteiger partial charge is 0.464 e. The van der Waals surface area contributed by atoms with Crippen molar-refractivity contribution in [3.05, 3.63) is 71.4 Å². The van der Waals surface area contributed by atoms with Crippen molar-refractivity contribution in [3.8, 4) is 0 Å². The zero-order valence-corrected chi connectivity index (χ0v) is 16.5. The third kappa shape index (κ3) is 3.90. The van der Waals surface area contributed by atoms with Gasteiger partial charge in [-0.1, -0.05) is 47.5 Å². The first kappa shape index (κ1) is 19.2. The summed E-state index contributed by atoms with van der Waals surface area (Å²) >= 11 is 0. The maximum atomic E-state index is 13.2. The Kier molecular flexibility index (Phi) is 5.37. The summed E-state index contributed by atoms with van der Waals surface area (Å²) in [6, 6.07) is 13.5. The molecule has 0 fully saturated rings. The zero-order chi connectivity index (χ0) is 19.6. The molecule has 6 heteroatoms. The Morgan fingerprint density at radius 2 is 1.81 bits per heavy atom. The molecule has 0 N–H and O–H groups in total. The fraction of sp³-hybridized carbons (Fsp3) is 0.286. The van der Waals surface area contributed by atoms with Gasteiger partial charge in [0, 0.05) is 12.6 Å². The van der Waals surface area contributed by atoms with E-state index in [9.17, 15) is 13.2 Å². The third-order valence-electron chi connectivity index (χ3n) is 4.55. The van der Waals surface area contributed by atoms with Crippen LogP contribution in [0.5, 0.6) is 0 Å². The molecule has 0 radical (unpaired) electrons. The van der Waals surface area contributed by atoms with Gasteiger partial charge in [-0.25, -0.2) is 13.2 Å². The molecule has 142 valence electrons. The molecule has 0 bridgehead atoms. The Hall–Kier alpha value is -2.60. The number of hydrogen-bond donors (Lipinski definition) is 0. The molecule has 0 aliphatic carbocycles. The van der Waals surface area contributed by atoms with Crippen LogP contribution >= 0.6 is 0 Å². The smallest absolute Gasteiger partial charge is 0.330 e. The van der Waals surface area contributed by atoms with E-state index in [1.165, 1.54) is 0 Å². The van der Waals surface area contributed by atoms with Crippen LogP contribution in [0.1, 0.15) is 30.0 Å². The molecule has 1 aliphatic heterocycles. The number of esters is 1. The van der Waals surface area contributed by atoms with Crippen molar-refractivity contribution in [1.82, 2.24) is 4.31 Å². The minimum absolute atomic E-state index is 0.157. The van der Waals surface area contributed by atoms with Crippen LogP contribution < -0.4 is 0 Å². The van der Waals surface area contributed by atoms with Crippen molar-refractivity contribution in [1.29, 1.82) is 0 Å². The number of carbonyl (C=O) groups excluding carboxylic acids is 1. The van der Waals surface area contributed by atoms with Crippen molar-refractivity contribution in [3.63, 3.8) is 0 Å². The molecule has 0 amide bonds. The fourth-order valence-corrected chi connectivity index (χ4v) is 4.61. The molecule has 2 aromatic carbocycles. The maximum absolute atomic E-state index is 13.2. The summed E-state index contributed by atoms with van der Waals surface area (Å²) in [5.74, 6) is -0.535. The van der Waals surface area contributed by atoms with Gasteiger partial charge >= 0.3 is 5.97 Å². The summed E-state index contributed by atoms with van der Waals surface area (Å²) in [4.78, 5) is 12.6. The number of sulfonamides is 1. The maximum Gasteiger partial charge on any atom is 0.330 e. The summed E-state index contributed by atoms with van der Waals surface area (Å²) in [6.45, 7) is 5.78. The number of ether oxygens (including phenoxy) is 1. The van der Waals surface area contributed by atoms with Crippen LogP contribution in [-0.4, -0.2) is 31.3 Å². The topological polar surface area (TPSA) is 63.7 Å². The van der Waals surface area contributed by atoms with Crippen molar-refractivity contribution in [2.45, 2.75) is 38.1 Å². The Morgan fingerprint density at radius 3 is 2.44 bits per heavy atom. The van der Waals surface area contributed by atoms with Gasteiger partial charge in [-0.2, -0.15) is 0 Å². The van der Waals surface area contributed by atoms with Gasteiger partial charge in [0.2, 0.25) is 0 Å². The van der Waals surface area contributed by atoms with Gasteiger partial charge < -0.3 is 4.74 Å². The van der Waals surface area contributed by atoms with E-state index in [0.29, 0.717) is 0 Å². The Balaban J connectivity index is 2.04. The molecule has 0 aromatic heterocycles. The van der Waals surface area contributed by atoms with Gasteiger partial charge in [0.25, 0.3) is 10.0 Å². The zero-order valence-electron chi connectivity index (χ0n) is 15.7. The third-order valence-corrected chi connectivity index (χ3v) is 6.33. The van der Waals surface area contributed by atoms with Gasteiger partial charge in [-0.05, 0) is 44.0 Å².